The number of rotatable bonds is 15. The van der Waals surface area contributed by atoms with Gasteiger partial charge in [-0.2, -0.15) is 0 Å². The van der Waals surface area contributed by atoms with Gasteiger partial charge in [0.05, 0.1) is 10.4 Å². The average molecular weight is 734 g/mol. The van der Waals surface area contributed by atoms with Gasteiger partial charge in [-0.25, -0.2) is 12.6 Å². The first kappa shape index (κ1) is 37.5. The number of para-hydroxylation sites is 1. The molecule has 0 radical (unpaired) electrons. The highest BCUT2D eigenvalue weighted by Gasteiger charge is 2.32. The molecule has 0 aliphatic carbocycles. The molecule has 5 aromatic rings. The first-order valence-corrected chi connectivity index (χ1v) is 21.4. The lowest BCUT2D eigenvalue weighted by Gasteiger charge is -2.12. The SMILES string of the molecule is CCCCCCCCS(=O)C(C)Cc1ccc2c(c1)OCO2.CCn1c(S(=O)c2ccccc2)c(S(=O)(=O)c2ccccc2)c2ccccc21. The number of unbranched alkanes of at least 4 members (excludes halogenated alkanes) is 5. The third-order valence-electron chi connectivity index (χ3n) is 8.76. The van der Waals surface area contributed by atoms with Crippen molar-refractivity contribution in [1.29, 1.82) is 0 Å². The molecule has 0 saturated carbocycles. The molecule has 6 rings (SSSR count). The zero-order valence-electron chi connectivity index (χ0n) is 29.1. The Bertz CT molecular complexity index is 2010. The van der Waals surface area contributed by atoms with Gasteiger partial charge in [-0.15, -0.1) is 0 Å². The molecular formula is C40H47NO6S3. The molecule has 0 N–H and O–H groups in total. The van der Waals surface area contributed by atoms with E-state index in [0.717, 1.165) is 35.6 Å². The van der Waals surface area contributed by atoms with Crippen LogP contribution in [-0.4, -0.2) is 39.2 Å². The summed E-state index contributed by atoms with van der Waals surface area (Å²) in [7, 11) is -6.23. The molecule has 2 heterocycles. The van der Waals surface area contributed by atoms with E-state index in [9.17, 15) is 16.8 Å². The van der Waals surface area contributed by atoms with Gasteiger partial charge in [-0.05, 0) is 67.8 Å². The fourth-order valence-corrected chi connectivity index (χ4v) is 10.8. The minimum atomic E-state index is -3.85. The Hall–Kier alpha value is -3.73. The van der Waals surface area contributed by atoms with Crippen LogP contribution in [-0.2, 0) is 44.4 Å². The second-order valence-electron chi connectivity index (χ2n) is 12.3. The van der Waals surface area contributed by atoms with Gasteiger partial charge in [0.15, 0.2) is 11.5 Å². The molecule has 0 amide bonds. The second kappa shape index (κ2) is 18.0. The van der Waals surface area contributed by atoms with Gasteiger partial charge in [0.1, 0.15) is 20.7 Å². The quantitative estimate of drug-likeness (QED) is 0.0998. The summed E-state index contributed by atoms with van der Waals surface area (Å²) in [5.41, 5.74) is 1.94. The summed E-state index contributed by atoms with van der Waals surface area (Å²) in [6.07, 6.45) is 8.32. The van der Waals surface area contributed by atoms with Crippen molar-refractivity contribution in [2.24, 2.45) is 0 Å². The Kier molecular flexibility index (Phi) is 13.5. The van der Waals surface area contributed by atoms with E-state index >= 15 is 0 Å². The van der Waals surface area contributed by atoms with Gasteiger partial charge >= 0.3 is 0 Å². The van der Waals surface area contributed by atoms with Crippen molar-refractivity contribution >= 4 is 42.3 Å². The van der Waals surface area contributed by atoms with Gasteiger partial charge in [-0.1, -0.05) is 107 Å². The van der Waals surface area contributed by atoms with Crippen LogP contribution in [0.25, 0.3) is 10.9 Å². The minimum Gasteiger partial charge on any atom is -0.454 e. The number of ether oxygens (including phenoxy) is 2. The molecule has 3 unspecified atom stereocenters. The Balaban J connectivity index is 0.000000201. The van der Waals surface area contributed by atoms with Crippen LogP contribution in [0.5, 0.6) is 11.5 Å². The molecule has 0 saturated heterocycles. The van der Waals surface area contributed by atoms with Gasteiger partial charge in [0.2, 0.25) is 16.6 Å². The van der Waals surface area contributed by atoms with Crippen molar-refractivity contribution in [2.45, 2.75) is 97.2 Å². The highest BCUT2D eigenvalue weighted by Crippen LogP contribution is 2.38. The number of aryl methyl sites for hydroxylation is 1. The van der Waals surface area contributed by atoms with Crippen molar-refractivity contribution in [1.82, 2.24) is 4.57 Å². The number of sulfone groups is 1. The van der Waals surface area contributed by atoms with Crippen LogP contribution in [0.1, 0.15) is 64.9 Å². The van der Waals surface area contributed by atoms with Crippen LogP contribution in [0.15, 0.2) is 123 Å². The lowest BCUT2D eigenvalue weighted by atomic mass is 10.1. The number of nitrogens with zero attached hydrogens (tertiary/aromatic N) is 1. The van der Waals surface area contributed by atoms with Crippen LogP contribution in [0.2, 0.25) is 0 Å². The first-order chi connectivity index (χ1) is 24.3. The van der Waals surface area contributed by atoms with Crippen molar-refractivity contribution in [2.75, 3.05) is 12.5 Å². The molecule has 4 aromatic carbocycles. The van der Waals surface area contributed by atoms with Gasteiger partial charge in [-0.3, -0.25) is 4.21 Å². The maximum atomic E-state index is 13.6. The molecule has 266 valence electrons. The van der Waals surface area contributed by atoms with Crippen LogP contribution in [0, 0.1) is 0 Å². The van der Waals surface area contributed by atoms with Crippen molar-refractivity contribution in [3.8, 4) is 11.5 Å². The third kappa shape index (κ3) is 8.94. The maximum Gasteiger partial charge on any atom is 0.231 e. The monoisotopic (exact) mass is 733 g/mol. The summed E-state index contributed by atoms with van der Waals surface area (Å²) < 4.78 is 65.6. The molecule has 1 aliphatic heterocycles. The molecule has 3 atom stereocenters. The normalized spacial score (nSPS) is 14.1. The summed E-state index contributed by atoms with van der Waals surface area (Å²) in [4.78, 5) is 0.892. The molecule has 1 aromatic heterocycles. The molecule has 0 spiro atoms. The van der Waals surface area contributed by atoms with E-state index in [-0.39, 0.29) is 15.0 Å². The summed E-state index contributed by atoms with van der Waals surface area (Å²) in [6.45, 7) is 7.05. The second-order valence-corrected chi connectivity index (χ2v) is 17.6. The molecule has 0 fully saturated rings. The molecule has 7 nitrogen and oxygen atoms in total. The zero-order valence-corrected chi connectivity index (χ0v) is 31.5. The fraction of sp³-hybridized carbons (Fsp3) is 0.350. The Morgan fingerprint density at radius 2 is 1.40 bits per heavy atom. The molecule has 1 aliphatic rings. The Morgan fingerprint density at radius 3 is 2.12 bits per heavy atom. The van der Waals surface area contributed by atoms with E-state index < -0.39 is 31.4 Å². The number of hydrogen-bond donors (Lipinski definition) is 0. The van der Waals surface area contributed by atoms with Crippen molar-refractivity contribution < 1.29 is 26.3 Å². The predicted molar refractivity (Wildman–Crippen MR) is 203 cm³/mol. The van der Waals surface area contributed by atoms with Gasteiger partial charge in [0, 0.05) is 38.6 Å². The number of aromatic nitrogens is 1. The lowest BCUT2D eigenvalue weighted by Crippen LogP contribution is -2.16. The predicted octanol–water partition coefficient (Wildman–Crippen LogP) is 9.12. The molecular weight excluding hydrogens is 687 g/mol. The van der Waals surface area contributed by atoms with Gasteiger partial charge < -0.3 is 14.0 Å². The highest BCUT2D eigenvalue weighted by atomic mass is 32.2. The van der Waals surface area contributed by atoms with E-state index in [1.54, 1.807) is 60.7 Å². The summed E-state index contributed by atoms with van der Waals surface area (Å²) in [5, 5.41) is 1.10. The molecule has 10 heteroatoms. The van der Waals surface area contributed by atoms with Crippen LogP contribution >= 0.6 is 0 Å². The van der Waals surface area contributed by atoms with Crippen molar-refractivity contribution in [3.05, 3.63) is 109 Å². The van der Waals surface area contributed by atoms with E-state index in [1.165, 1.54) is 37.7 Å². The molecule has 50 heavy (non-hydrogen) atoms. The molecule has 0 bridgehead atoms. The first-order valence-electron chi connectivity index (χ1n) is 17.4. The lowest BCUT2D eigenvalue weighted by molar-refractivity contribution is 0.174. The maximum absolute atomic E-state index is 13.6. The summed E-state index contributed by atoms with van der Waals surface area (Å²) in [6, 6.07) is 30.6. The smallest absolute Gasteiger partial charge is 0.231 e. The van der Waals surface area contributed by atoms with E-state index in [2.05, 4.69) is 13.8 Å². The number of fused-ring (bicyclic) bond motifs is 2. The third-order valence-corrected chi connectivity index (χ3v) is 14.0. The van der Waals surface area contributed by atoms with E-state index in [4.69, 9.17) is 9.47 Å². The van der Waals surface area contributed by atoms with Crippen LogP contribution < -0.4 is 9.47 Å². The van der Waals surface area contributed by atoms with E-state index in [1.807, 2.05) is 54.0 Å². The van der Waals surface area contributed by atoms with E-state index in [0.29, 0.717) is 28.6 Å². The van der Waals surface area contributed by atoms with Crippen LogP contribution in [0.4, 0.5) is 0 Å². The topological polar surface area (TPSA) is 91.7 Å². The van der Waals surface area contributed by atoms with Crippen LogP contribution in [0.3, 0.4) is 0 Å². The summed E-state index contributed by atoms with van der Waals surface area (Å²) in [5.74, 6) is 2.45. The number of hydrogen-bond acceptors (Lipinski definition) is 6. The Morgan fingerprint density at radius 1 is 0.760 bits per heavy atom. The largest absolute Gasteiger partial charge is 0.454 e. The average Bonchev–Trinajstić information content (AvgIpc) is 3.76. The summed E-state index contributed by atoms with van der Waals surface area (Å²) >= 11 is 0. The zero-order chi connectivity index (χ0) is 35.5. The van der Waals surface area contributed by atoms with Gasteiger partial charge in [0.25, 0.3) is 0 Å². The fourth-order valence-electron chi connectivity index (χ4n) is 6.10. The standard InChI is InChI=1S/C22H19NO3S2.C18H28O3S/c1-2-23-20-16-10-9-15-19(20)21(28(25,26)18-13-7-4-8-14-18)22(23)27(24)17-11-5-3-6-12-17;1-3-4-5-6-7-8-11-22(19)15(2)12-16-9-10-17-18(13-16)21-14-20-17/h3-16H,2H2,1H3;9-10,13,15H,3-8,11-12,14H2,1-2H3. The minimum absolute atomic E-state index is 0.123. The van der Waals surface area contributed by atoms with Crippen molar-refractivity contribution in [3.63, 3.8) is 0 Å². The highest BCUT2D eigenvalue weighted by molar-refractivity contribution is 7.93. The number of benzene rings is 4. The Labute approximate surface area is 301 Å².